The summed E-state index contributed by atoms with van der Waals surface area (Å²) in [6.07, 6.45) is 0. The molecule has 0 unspecified atom stereocenters. The summed E-state index contributed by atoms with van der Waals surface area (Å²) in [5.41, 5.74) is 6.27. The minimum atomic E-state index is -0.184. The van der Waals surface area contributed by atoms with E-state index in [2.05, 4.69) is 33.7 Å². The molecular formula is C25H22N4O. The summed E-state index contributed by atoms with van der Waals surface area (Å²) >= 11 is 0. The van der Waals surface area contributed by atoms with Gasteiger partial charge in [-0.15, -0.1) is 0 Å². The van der Waals surface area contributed by atoms with E-state index in [-0.39, 0.29) is 5.91 Å². The number of anilines is 2. The normalized spacial score (nSPS) is 14.1. The zero-order chi connectivity index (χ0) is 21.1. The standard InChI is InChI=1S/C25H22N4O/c1-29(2)16-18-7-6-10-20(13-18)27-24(19-8-4-3-5-9-19)23-21-12-11-17(15-26)14-22(21)28-25(23)30/h3-14,27H,16H2,1-2H3,(H,28,30). The van der Waals surface area contributed by atoms with Crippen LogP contribution in [0.1, 0.15) is 22.3 Å². The first-order valence-corrected chi connectivity index (χ1v) is 9.71. The maximum atomic E-state index is 12.9. The molecule has 3 aromatic rings. The third kappa shape index (κ3) is 3.95. The first-order chi connectivity index (χ1) is 14.5. The topological polar surface area (TPSA) is 68.2 Å². The van der Waals surface area contributed by atoms with Crippen molar-refractivity contribution in [2.24, 2.45) is 0 Å². The fourth-order valence-electron chi connectivity index (χ4n) is 3.63. The van der Waals surface area contributed by atoms with Crippen molar-refractivity contribution in [3.63, 3.8) is 0 Å². The first-order valence-electron chi connectivity index (χ1n) is 9.71. The number of carbonyl (C=O) groups excluding carboxylic acids is 1. The summed E-state index contributed by atoms with van der Waals surface area (Å²) in [6.45, 7) is 0.826. The van der Waals surface area contributed by atoms with E-state index in [0.717, 1.165) is 29.1 Å². The maximum absolute atomic E-state index is 12.9. The van der Waals surface area contributed by atoms with Gasteiger partial charge in [0.2, 0.25) is 0 Å². The van der Waals surface area contributed by atoms with Crippen LogP contribution in [0.2, 0.25) is 0 Å². The minimum absolute atomic E-state index is 0.184. The predicted octanol–water partition coefficient (Wildman–Crippen LogP) is 4.55. The van der Waals surface area contributed by atoms with Crippen molar-refractivity contribution in [1.29, 1.82) is 5.26 Å². The van der Waals surface area contributed by atoms with Gasteiger partial charge in [-0.05, 0) is 49.5 Å². The molecule has 1 amide bonds. The number of hydrogen-bond donors (Lipinski definition) is 2. The van der Waals surface area contributed by atoms with Crippen LogP contribution >= 0.6 is 0 Å². The van der Waals surface area contributed by atoms with Gasteiger partial charge in [0.25, 0.3) is 5.91 Å². The Labute approximate surface area is 176 Å². The molecule has 4 rings (SSSR count). The largest absolute Gasteiger partial charge is 0.354 e. The third-order valence-corrected chi connectivity index (χ3v) is 4.90. The van der Waals surface area contributed by atoms with Crippen molar-refractivity contribution in [2.45, 2.75) is 6.54 Å². The smallest absolute Gasteiger partial charge is 0.258 e. The summed E-state index contributed by atoms with van der Waals surface area (Å²) in [5.74, 6) is -0.184. The number of nitrogens with zero attached hydrogens (tertiary/aromatic N) is 2. The molecular weight excluding hydrogens is 372 g/mol. The molecule has 5 heteroatoms. The molecule has 0 aliphatic carbocycles. The van der Waals surface area contributed by atoms with Crippen LogP contribution in [-0.2, 0) is 11.3 Å². The van der Waals surface area contributed by atoms with Crippen LogP contribution in [0.3, 0.4) is 0 Å². The zero-order valence-electron chi connectivity index (χ0n) is 16.9. The molecule has 1 aliphatic rings. The van der Waals surface area contributed by atoms with E-state index >= 15 is 0 Å². The first kappa shape index (κ1) is 19.4. The molecule has 3 aromatic carbocycles. The predicted molar refractivity (Wildman–Crippen MR) is 120 cm³/mol. The van der Waals surface area contributed by atoms with Crippen molar-refractivity contribution < 1.29 is 4.79 Å². The van der Waals surface area contributed by atoms with Gasteiger partial charge < -0.3 is 15.5 Å². The van der Waals surface area contributed by atoms with E-state index in [0.29, 0.717) is 16.8 Å². The Morgan fingerprint density at radius 1 is 1.03 bits per heavy atom. The van der Waals surface area contributed by atoms with Crippen LogP contribution in [0.25, 0.3) is 11.3 Å². The number of rotatable bonds is 5. The van der Waals surface area contributed by atoms with Crippen LogP contribution in [0.15, 0.2) is 72.8 Å². The molecule has 1 aliphatic heterocycles. The summed E-state index contributed by atoms with van der Waals surface area (Å²) < 4.78 is 0. The Bertz CT molecular complexity index is 1170. The van der Waals surface area contributed by atoms with Crippen molar-refractivity contribution in [3.05, 3.63) is 95.1 Å². The molecule has 148 valence electrons. The highest BCUT2D eigenvalue weighted by molar-refractivity contribution is 6.37. The molecule has 0 aromatic heterocycles. The van der Waals surface area contributed by atoms with Gasteiger partial charge in [0.1, 0.15) is 0 Å². The van der Waals surface area contributed by atoms with Crippen LogP contribution in [-0.4, -0.2) is 24.9 Å². The van der Waals surface area contributed by atoms with E-state index in [9.17, 15) is 10.1 Å². The molecule has 30 heavy (non-hydrogen) atoms. The molecule has 2 N–H and O–H groups in total. The van der Waals surface area contributed by atoms with Crippen LogP contribution < -0.4 is 10.6 Å². The summed E-state index contributed by atoms with van der Waals surface area (Å²) in [6, 6.07) is 25.4. The second-order valence-corrected chi connectivity index (χ2v) is 7.51. The fraction of sp³-hybridized carbons (Fsp3) is 0.120. The van der Waals surface area contributed by atoms with Crippen molar-refractivity contribution >= 4 is 28.6 Å². The van der Waals surface area contributed by atoms with E-state index in [4.69, 9.17) is 0 Å². The Kier molecular flexibility index (Phi) is 5.34. The van der Waals surface area contributed by atoms with Crippen molar-refractivity contribution in [2.75, 3.05) is 24.7 Å². The summed E-state index contributed by atoms with van der Waals surface area (Å²) in [7, 11) is 4.07. The van der Waals surface area contributed by atoms with Gasteiger partial charge in [0.05, 0.1) is 28.6 Å². The van der Waals surface area contributed by atoms with E-state index in [1.807, 2.05) is 62.6 Å². The highest BCUT2D eigenvalue weighted by Crippen LogP contribution is 2.38. The third-order valence-electron chi connectivity index (χ3n) is 4.90. The van der Waals surface area contributed by atoms with Gasteiger partial charge in [-0.1, -0.05) is 48.5 Å². The number of carbonyl (C=O) groups is 1. The van der Waals surface area contributed by atoms with E-state index in [1.165, 1.54) is 5.56 Å². The monoisotopic (exact) mass is 394 g/mol. The molecule has 0 spiro atoms. The quantitative estimate of drug-likeness (QED) is 0.623. The lowest BCUT2D eigenvalue weighted by atomic mass is 9.99. The van der Waals surface area contributed by atoms with Crippen LogP contribution in [0.4, 0.5) is 11.4 Å². The van der Waals surface area contributed by atoms with Gasteiger partial charge in [0.15, 0.2) is 0 Å². The number of fused-ring (bicyclic) bond motifs is 1. The lowest BCUT2D eigenvalue weighted by molar-refractivity contribution is -0.110. The van der Waals surface area contributed by atoms with Crippen molar-refractivity contribution in [1.82, 2.24) is 4.90 Å². The number of hydrogen-bond acceptors (Lipinski definition) is 4. The fourth-order valence-corrected chi connectivity index (χ4v) is 3.63. The van der Waals surface area contributed by atoms with Crippen molar-refractivity contribution in [3.8, 4) is 6.07 Å². The lowest BCUT2D eigenvalue weighted by Crippen LogP contribution is -2.12. The van der Waals surface area contributed by atoms with Crippen LogP contribution in [0.5, 0.6) is 0 Å². The van der Waals surface area contributed by atoms with Gasteiger partial charge in [0, 0.05) is 17.8 Å². The van der Waals surface area contributed by atoms with E-state index in [1.54, 1.807) is 12.1 Å². The molecule has 0 saturated carbocycles. The molecule has 0 radical (unpaired) electrons. The molecule has 0 bridgehead atoms. The zero-order valence-corrected chi connectivity index (χ0v) is 16.9. The molecule has 5 nitrogen and oxygen atoms in total. The average Bonchev–Trinajstić information content (AvgIpc) is 3.07. The summed E-state index contributed by atoms with van der Waals surface area (Å²) in [5, 5.41) is 15.6. The molecule has 0 saturated heterocycles. The Morgan fingerprint density at radius 2 is 1.83 bits per heavy atom. The number of nitrogens with one attached hydrogen (secondary N) is 2. The Hall–Kier alpha value is -3.88. The average molecular weight is 394 g/mol. The number of amides is 1. The highest BCUT2D eigenvalue weighted by Gasteiger charge is 2.28. The highest BCUT2D eigenvalue weighted by atomic mass is 16.2. The van der Waals surface area contributed by atoms with Gasteiger partial charge >= 0.3 is 0 Å². The molecule has 1 heterocycles. The lowest BCUT2D eigenvalue weighted by Gasteiger charge is -2.16. The minimum Gasteiger partial charge on any atom is -0.354 e. The number of nitriles is 1. The molecule has 0 fully saturated rings. The Balaban J connectivity index is 1.83. The van der Waals surface area contributed by atoms with Crippen LogP contribution in [0, 0.1) is 11.3 Å². The summed E-state index contributed by atoms with van der Waals surface area (Å²) in [4.78, 5) is 15.1. The van der Waals surface area contributed by atoms with Gasteiger partial charge in [-0.25, -0.2) is 0 Å². The second kappa shape index (κ2) is 8.24. The number of benzene rings is 3. The SMILES string of the molecule is CN(C)Cc1cccc(NC(=C2C(=O)Nc3cc(C#N)ccc32)c2ccccc2)c1. The van der Waals surface area contributed by atoms with E-state index < -0.39 is 0 Å². The molecule has 0 atom stereocenters. The van der Waals surface area contributed by atoms with Gasteiger partial charge in [-0.3, -0.25) is 4.79 Å². The van der Waals surface area contributed by atoms with Gasteiger partial charge in [-0.2, -0.15) is 5.26 Å². The maximum Gasteiger partial charge on any atom is 0.258 e. The second-order valence-electron chi connectivity index (χ2n) is 7.51. The Morgan fingerprint density at radius 3 is 2.57 bits per heavy atom.